The zero-order chi connectivity index (χ0) is 30.0. The van der Waals surface area contributed by atoms with Gasteiger partial charge in [0.2, 0.25) is 11.8 Å². The summed E-state index contributed by atoms with van der Waals surface area (Å²) in [6.45, 7) is 6.84. The number of nitrogens with one attached hydrogen (secondary N) is 2. The van der Waals surface area contributed by atoms with Gasteiger partial charge in [-0.25, -0.2) is 4.79 Å². The number of alkyl carbamates (subject to hydrolysis) is 1. The first-order chi connectivity index (χ1) is 19.5. The number of rotatable bonds is 10. The lowest BCUT2D eigenvalue weighted by atomic mass is 9.99. The highest BCUT2D eigenvalue weighted by molar-refractivity contribution is 5.92. The molecule has 0 heterocycles. The van der Waals surface area contributed by atoms with E-state index in [1.54, 1.807) is 45.0 Å². The van der Waals surface area contributed by atoms with Gasteiger partial charge in [0.05, 0.1) is 6.07 Å². The Morgan fingerprint density at radius 1 is 0.951 bits per heavy atom. The average Bonchev–Trinajstić information content (AvgIpc) is 2.92. The molecule has 0 aliphatic heterocycles. The van der Waals surface area contributed by atoms with Crippen molar-refractivity contribution in [2.45, 2.75) is 58.3 Å². The Bertz CT molecular complexity index is 1360. The number of hydrogen-bond acceptors (Lipinski definition) is 6. The van der Waals surface area contributed by atoms with Gasteiger partial charge in [-0.3, -0.25) is 9.59 Å². The summed E-state index contributed by atoms with van der Waals surface area (Å²) in [6, 6.07) is 22.4. The zero-order valence-corrected chi connectivity index (χ0v) is 23.8. The van der Waals surface area contributed by atoms with Gasteiger partial charge < -0.3 is 25.4 Å². The first-order valence-electron chi connectivity index (χ1n) is 13.3. The molecular weight excluding hydrogens is 520 g/mol. The average molecular weight is 557 g/mol. The summed E-state index contributed by atoms with van der Waals surface area (Å²) in [4.78, 5) is 41.8. The lowest BCUT2D eigenvalue weighted by molar-refractivity contribution is -0.141. The van der Waals surface area contributed by atoms with Crippen LogP contribution in [0.25, 0.3) is 0 Å². The number of ether oxygens (including phenoxy) is 1. The fourth-order valence-electron chi connectivity index (χ4n) is 4.19. The van der Waals surface area contributed by atoms with Crippen LogP contribution >= 0.6 is 0 Å². The third kappa shape index (κ3) is 9.39. The molecule has 3 N–H and O–H groups in total. The molecule has 9 nitrogen and oxygen atoms in total. The van der Waals surface area contributed by atoms with Crippen molar-refractivity contribution in [3.05, 3.63) is 101 Å². The number of aromatic hydroxyl groups is 1. The molecule has 3 aromatic carbocycles. The molecule has 0 saturated heterocycles. The van der Waals surface area contributed by atoms with E-state index >= 15 is 0 Å². The van der Waals surface area contributed by atoms with E-state index < -0.39 is 42.1 Å². The molecule has 41 heavy (non-hydrogen) atoms. The topological polar surface area (TPSA) is 132 Å². The number of carbonyl (C=O) groups is 3. The van der Waals surface area contributed by atoms with Gasteiger partial charge >= 0.3 is 6.09 Å². The molecule has 3 rings (SSSR count). The predicted molar refractivity (Wildman–Crippen MR) is 155 cm³/mol. The standard InChI is InChI=1S/C32H36N4O5/c1-22-10-14-25(15-11-22)28(29(38)34-21-24-8-6-5-7-9-24)36(19-18-33)30(39)27(35-31(40)41-32(2,3)4)20-23-12-16-26(37)17-13-23/h5-17,27-28,37H,19-21H2,1-4H3,(H,34,38)(H,35,40). The van der Waals surface area contributed by atoms with Crippen LogP contribution in [0, 0.1) is 18.3 Å². The summed E-state index contributed by atoms with van der Waals surface area (Å²) in [5.74, 6) is -1.05. The van der Waals surface area contributed by atoms with E-state index in [-0.39, 0.29) is 18.7 Å². The van der Waals surface area contributed by atoms with E-state index in [1.807, 2.05) is 55.5 Å². The second-order valence-corrected chi connectivity index (χ2v) is 10.7. The van der Waals surface area contributed by atoms with E-state index in [0.717, 1.165) is 11.1 Å². The van der Waals surface area contributed by atoms with E-state index in [9.17, 15) is 24.8 Å². The first-order valence-corrected chi connectivity index (χ1v) is 13.3. The van der Waals surface area contributed by atoms with Gasteiger partial charge in [0, 0.05) is 13.0 Å². The zero-order valence-electron chi connectivity index (χ0n) is 23.8. The monoisotopic (exact) mass is 556 g/mol. The molecule has 0 fully saturated rings. The first kappa shape index (κ1) is 30.7. The number of benzene rings is 3. The van der Waals surface area contributed by atoms with Crippen molar-refractivity contribution in [3.63, 3.8) is 0 Å². The molecule has 3 aromatic rings. The molecule has 0 saturated carbocycles. The second-order valence-electron chi connectivity index (χ2n) is 10.7. The van der Waals surface area contributed by atoms with E-state index in [1.165, 1.54) is 17.0 Å². The number of amides is 3. The Kier molecular flexibility index (Phi) is 10.5. The summed E-state index contributed by atoms with van der Waals surface area (Å²) >= 11 is 0. The molecule has 0 aliphatic carbocycles. The number of phenols is 1. The van der Waals surface area contributed by atoms with Gasteiger partial charge in [0.15, 0.2) is 0 Å². The second kappa shape index (κ2) is 14.0. The Morgan fingerprint density at radius 3 is 2.17 bits per heavy atom. The van der Waals surface area contributed by atoms with E-state index in [0.29, 0.717) is 11.1 Å². The summed E-state index contributed by atoms with van der Waals surface area (Å²) in [7, 11) is 0. The van der Waals surface area contributed by atoms with Crippen molar-refractivity contribution in [2.24, 2.45) is 0 Å². The highest BCUT2D eigenvalue weighted by Gasteiger charge is 2.36. The van der Waals surface area contributed by atoms with E-state index in [4.69, 9.17) is 4.74 Å². The maximum absolute atomic E-state index is 14.1. The SMILES string of the molecule is Cc1ccc(C(C(=O)NCc2ccccc2)N(CC#N)C(=O)C(Cc2ccc(O)cc2)NC(=O)OC(C)(C)C)cc1. The number of hydrogen-bond donors (Lipinski definition) is 3. The fourth-order valence-corrected chi connectivity index (χ4v) is 4.19. The lowest BCUT2D eigenvalue weighted by Gasteiger charge is -2.33. The van der Waals surface area contributed by atoms with Crippen LogP contribution in [-0.2, 0) is 27.3 Å². The highest BCUT2D eigenvalue weighted by atomic mass is 16.6. The number of aryl methyl sites for hydroxylation is 1. The van der Waals surface area contributed by atoms with Gasteiger partial charge in [0.1, 0.15) is 30.0 Å². The molecule has 0 radical (unpaired) electrons. The third-order valence-corrected chi connectivity index (χ3v) is 6.15. The molecule has 0 aromatic heterocycles. The number of nitriles is 1. The molecule has 3 amide bonds. The van der Waals surface area contributed by atoms with Gasteiger partial charge in [-0.05, 0) is 56.5 Å². The third-order valence-electron chi connectivity index (χ3n) is 6.15. The summed E-state index contributed by atoms with van der Waals surface area (Å²) < 4.78 is 5.40. The Hall–Kier alpha value is -4.84. The van der Waals surface area contributed by atoms with Crippen LogP contribution in [0.4, 0.5) is 4.79 Å². The molecular formula is C32H36N4O5. The lowest BCUT2D eigenvalue weighted by Crippen LogP contribution is -2.53. The predicted octanol–water partition coefficient (Wildman–Crippen LogP) is 4.55. The molecule has 2 atom stereocenters. The van der Waals surface area contributed by atoms with Crippen LogP contribution in [0.5, 0.6) is 5.75 Å². The minimum Gasteiger partial charge on any atom is -0.508 e. The fraction of sp³-hybridized carbons (Fsp3) is 0.312. The molecule has 0 aliphatic rings. The number of carbonyl (C=O) groups excluding carboxylic acids is 3. The molecule has 214 valence electrons. The minimum absolute atomic E-state index is 0.0343. The van der Waals surface area contributed by atoms with Crippen LogP contribution in [0.1, 0.15) is 49.1 Å². The molecule has 0 bridgehead atoms. The highest BCUT2D eigenvalue weighted by Crippen LogP contribution is 2.24. The smallest absolute Gasteiger partial charge is 0.408 e. The van der Waals surface area contributed by atoms with Crippen molar-refractivity contribution in [3.8, 4) is 11.8 Å². The van der Waals surface area contributed by atoms with Gasteiger partial charge in [0.25, 0.3) is 0 Å². The van der Waals surface area contributed by atoms with Crippen molar-refractivity contribution in [2.75, 3.05) is 6.54 Å². The maximum atomic E-state index is 14.1. The van der Waals surface area contributed by atoms with Crippen LogP contribution < -0.4 is 10.6 Å². The number of nitrogens with zero attached hydrogens (tertiary/aromatic N) is 2. The van der Waals surface area contributed by atoms with Crippen LogP contribution in [0.3, 0.4) is 0 Å². The van der Waals surface area contributed by atoms with Gasteiger partial charge in [-0.1, -0.05) is 72.3 Å². The summed E-state index contributed by atoms with van der Waals surface area (Å²) in [5.41, 5.74) is 2.19. The number of phenolic OH excluding ortho intramolecular Hbond substituents is 1. The molecule has 2 unspecified atom stereocenters. The Balaban J connectivity index is 1.98. The van der Waals surface area contributed by atoms with Gasteiger partial charge in [-0.15, -0.1) is 0 Å². The Morgan fingerprint density at radius 2 is 1.59 bits per heavy atom. The largest absolute Gasteiger partial charge is 0.508 e. The van der Waals surface area contributed by atoms with E-state index in [2.05, 4.69) is 10.6 Å². The minimum atomic E-state index is -1.17. The van der Waals surface area contributed by atoms with Crippen molar-refractivity contribution < 1.29 is 24.2 Å². The summed E-state index contributed by atoms with van der Waals surface area (Å²) in [6.07, 6.45) is -0.779. The van der Waals surface area contributed by atoms with Crippen molar-refractivity contribution in [1.82, 2.24) is 15.5 Å². The quantitative estimate of drug-likeness (QED) is 0.314. The normalized spacial score (nSPS) is 12.4. The van der Waals surface area contributed by atoms with Crippen LogP contribution in [0.2, 0.25) is 0 Å². The van der Waals surface area contributed by atoms with Crippen molar-refractivity contribution >= 4 is 17.9 Å². The molecule has 0 spiro atoms. The summed E-state index contributed by atoms with van der Waals surface area (Å²) in [5, 5.41) is 25.0. The van der Waals surface area contributed by atoms with Gasteiger partial charge in [-0.2, -0.15) is 5.26 Å². The molecule has 9 heteroatoms. The maximum Gasteiger partial charge on any atom is 0.408 e. The van der Waals surface area contributed by atoms with Crippen LogP contribution in [0.15, 0.2) is 78.9 Å². The Labute approximate surface area is 240 Å². The van der Waals surface area contributed by atoms with Crippen molar-refractivity contribution in [1.29, 1.82) is 5.26 Å². The van der Waals surface area contributed by atoms with Crippen LogP contribution in [-0.4, -0.2) is 46.1 Å².